The number of piperazine rings is 1. The highest BCUT2D eigenvalue weighted by Gasteiger charge is 2.28. The van der Waals surface area contributed by atoms with Crippen LogP contribution >= 0.6 is 24.0 Å². The smallest absolute Gasteiger partial charge is 0.223 e. The van der Waals surface area contributed by atoms with Gasteiger partial charge in [0, 0.05) is 31.1 Å². The van der Waals surface area contributed by atoms with E-state index in [-0.39, 0.29) is 24.4 Å². The predicted molar refractivity (Wildman–Crippen MR) is 112 cm³/mol. The number of para-hydroxylation sites is 1. The number of nitrogens with zero attached hydrogens (tertiary/aromatic N) is 1. The summed E-state index contributed by atoms with van der Waals surface area (Å²) in [5.74, 6) is 1.02. The molecule has 0 aromatic heterocycles. The van der Waals surface area contributed by atoms with Gasteiger partial charge >= 0.3 is 0 Å². The summed E-state index contributed by atoms with van der Waals surface area (Å²) < 4.78 is 5.67. The number of amides is 1. The molecule has 0 bridgehead atoms. The average Bonchev–Trinajstić information content (AvgIpc) is 2.68. The third kappa shape index (κ3) is 5.38. The van der Waals surface area contributed by atoms with Gasteiger partial charge in [0.2, 0.25) is 5.91 Å². The second-order valence-electron chi connectivity index (χ2n) is 6.37. The zero-order chi connectivity index (χ0) is 18.4. The molecule has 1 aliphatic rings. The number of nitrogens with one attached hydrogen (secondary N) is 1. The number of hydrogen-bond acceptors (Lipinski definition) is 3. The van der Waals surface area contributed by atoms with Crippen molar-refractivity contribution in [3.05, 3.63) is 64.7 Å². The zero-order valence-electron chi connectivity index (χ0n) is 15.5. The van der Waals surface area contributed by atoms with Gasteiger partial charge < -0.3 is 15.0 Å². The largest absolute Gasteiger partial charge is 0.494 e. The van der Waals surface area contributed by atoms with Gasteiger partial charge in [0.25, 0.3) is 0 Å². The number of halogens is 2. The first-order chi connectivity index (χ1) is 12.7. The Morgan fingerprint density at radius 1 is 1.22 bits per heavy atom. The summed E-state index contributed by atoms with van der Waals surface area (Å²) in [6.45, 7) is 4.82. The van der Waals surface area contributed by atoms with E-state index in [2.05, 4.69) is 5.32 Å². The molecular formula is C21H26Cl2N2O2. The van der Waals surface area contributed by atoms with Gasteiger partial charge in [0.15, 0.2) is 0 Å². The van der Waals surface area contributed by atoms with Crippen molar-refractivity contribution in [1.82, 2.24) is 10.2 Å². The highest BCUT2D eigenvalue weighted by atomic mass is 35.5. The summed E-state index contributed by atoms with van der Waals surface area (Å²) >= 11 is 6.37. The molecule has 0 radical (unpaired) electrons. The molecule has 146 valence electrons. The van der Waals surface area contributed by atoms with E-state index in [0.717, 1.165) is 30.0 Å². The van der Waals surface area contributed by atoms with E-state index < -0.39 is 0 Å². The molecule has 1 N–H and O–H groups in total. The topological polar surface area (TPSA) is 41.6 Å². The second-order valence-corrected chi connectivity index (χ2v) is 6.78. The summed E-state index contributed by atoms with van der Waals surface area (Å²) in [5, 5.41) is 4.08. The molecule has 1 unspecified atom stereocenters. The van der Waals surface area contributed by atoms with E-state index >= 15 is 0 Å². The maximum atomic E-state index is 12.9. The van der Waals surface area contributed by atoms with Gasteiger partial charge in [0.1, 0.15) is 5.75 Å². The van der Waals surface area contributed by atoms with E-state index in [1.54, 1.807) is 0 Å². The van der Waals surface area contributed by atoms with Gasteiger partial charge in [-0.15, -0.1) is 12.4 Å². The molecule has 6 heteroatoms. The Hall–Kier alpha value is -1.75. The van der Waals surface area contributed by atoms with Crippen LogP contribution in [-0.2, 0) is 11.2 Å². The number of ether oxygens (including phenoxy) is 1. The summed E-state index contributed by atoms with van der Waals surface area (Å²) in [7, 11) is 0. The molecule has 3 rings (SSSR count). The monoisotopic (exact) mass is 408 g/mol. The van der Waals surface area contributed by atoms with Crippen LogP contribution in [0.3, 0.4) is 0 Å². The summed E-state index contributed by atoms with van der Waals surface area (Å²) in [6.07, 6.45) is 1.14. The van der Waals surface area contributed by atoms with Crippen LogP contribution in [0.2, 0.25) is 5.02 Å². The molecule has 2 aromatic carbocycles. The summed E-state index contributed by atoms with van der Waals surface area (Å²) in [5.41, 5.74) is 2.08. The van der Waals surface area contributed by atoms with Crippen molar-refractivity contribution >= 4 is 29.9 Å². The first kappa shape index (κ1) is 21.5. The minimum Gasteiger partial charge on any atom is -0.494 e. The molecular weight excluding hydrogens is 383 g/mol. The molecule has 0 aliphatic carbocycles. The number of aryl methyl sites for hydroxylation is 1. The van der Waals surface area contributed by atoms with Crippen LogP contribution in [0.15, 0.2) is 48.5 Å². The lowest BCUT2D eigenvalue weighted by Gasteiger charge is -2.37. The fraction of sp³-hybridized carbons (Fsp3) is 0.381. The standard InChI is InChI=1S/C21H25ClN2O2.ClH/c1-2-26-20-10-6-3-7-16(20)11-12-21(25)24-14-13-23-15-19(24)17-8-4-5-9-18(17)22;/h3-10,19,23H,2,11-15H2,1H3;1H. The van der Waals surface area contributed by atoms with E-state index in [1.165, 1.54) is 0 Å². The van der Waals surface area contributed by atoms with Crippen LogP contribution < -0.4 is 10.1 Å². The Morgan fingerprint density at radius 2 is 1.96 bits per heavy atom. The third-order valence-electron chi connectivity index (χ3n) is 4.71. The van der Waals surface area contributed by atoms with Gasteiger partial charge in [-0.3, -0.25) is 4.79 Å². The maximum Gasteiger partial charge on any atom is 0.223 e. The Kier molecular flexibility index (Phi) is 8.42. The first-order valence-corrected chi connectivity index (χ1v) is 9.53. The number of rotatable bonds is 6. The molecule has 1 fully saturated rings. The predicted octanol–water partition coefficient (Wildman–Crippen LogP) is 4.27. The Labute approximate surface area is 172 Å². The SMILES string of the molecule is CCOc1ccccc1CCC(=O)N1CCNCC1c1ccccc1Cl.Cl. The quantitative estimate of drug-likeness (QED) is 0.775. The number of carbonyl (C=O) groups excluding carboxylic acids is 1. The highest BCUT2D eigenvalue weighted by Crippen LogP contribution is 2.29. The normalized spacial score (nSPS) is 16.5. The number of benzene rings is 2. The van der Waals surface area contributed by atoms with E-state index in [4.69, 9.17) is 16.3 Å². The van der Waals surface area contributed by atoms with Crippen LogP contribution in [0.1, 0.15) is 30.5 Å². The summed E-state index contributed by atoms with van der Waals surface area (Å²) in [6, 6.07) is 15.7. The lowest BCUT2D eigenvalue weighted by molar-refractivity contribution is -0.134. The van der Waals surface area contributed by atoms with Crippen molar-refractivity contribution in [3.63, 3.8) is 0 Å². The molecule has 0 spiro atoms. The molecule has 2 aromatic rings. The second kappa shape index (κ2) is 10.5. The van der Waals surface area contributed by atoms with Crippen molar-refractivity contribution in [2.75, 3.05) is 26.2 Å². The van der Waals surface area contributed by atoms with Crippen molar-refractivity contribution in [3.8, 4) is 5.75 Å². The molecule has 1 saturated heterocycles. The zero-order valence-corrected chi connectivity index (χ0v) is 17.1. The molecule has 0 saturated carbocycles. The average molecular weight is 409 g/mol. The third-order valence-corrected chi connectivity index (χ3v) is 5.05. The van der Waals surface area contributed by atoms with Crippen LogP contribution in [-0.4, -0.2) is 37.0 Å². The Balaban J connectivity index is 0.00000261. The highest BCUT2D eigenvalue weighted by molar-refractivity contribution is 6.31. The van der Waals surface area contributed by atoms with Gasteiger partial charge in [-0.25, -0.2) is 0 Å². The lowest BCUT2D eigenvalue weighted by Crippen LogP contribution is -2.48. The van der Waals surface area contributed by atoms with Gasteiger partial charge in [0.05, 0.1) is 12.6 Å². The molecule has 27 heavy (non-hydrogen) atoms. The van der Waals surface area contributed by atoms with Crippen molar-refractivity contribution in [2.24, 2.45) is 0 Å². The lowest BCUT2D eigenvalue weighted by atomic mass is 10.0. The molecule has 4 nitrogen and oxygen atoms in total. The van der Waals surface area contributed by atoms with Gasteiger partial charge in [-0.2, -0.15) is 0 Å². The van der Waals surface area contributed by atoms with Crippen LogP contribution in [0.5, 0.6) is 5.75 Å². The van der Waals surface area contributed by atoms with E-state index in [1.807, 2.05) is 60.4 Å². The maximum absolute atomic E-state index is 12.9. The summed E-state index contributed by atoms with van der Waals surface area (Å²) in [4.78, 5) is 14.9. The first-order valence-electron chi connectivity index (χ1n) is 9.16. The number of carbonyl (C=O) groups is 1. The van der Waals surface area contributed by atoms with E-state index in [9.17, 15) is 4.79 Å². The Bertz CT molecular complexity index is 754. The molecule has 1 atom stereocenters. The van der Waals surface area contributed by atoms with Gasteiger partial charge in [-0.1, -0.05) is 48.0 Å². The molecule has 1 heterocycles. The molecule has 1 aliphatic heterocycles. The minimum absolute atomic E-state index is 0. The number of hydrogen-bond donors (Lipinski definition) is 1. The van der Waals surface area contributed by atoms with Crippen LogP contribution in [0.25, 0.3) is 0 Å². The van der Waals surface area contributed by atoms with Crippen molar-refractivity contribution < 1.29 is 9.53 Å². The van der Waals surface area contributed by atoms with Crippen LogP contribution in [0, 0.1) is 0 Å². The van der Waals surface area contributed by atoms with Gasteiger partial charge in [-0.05, 0) is 36.6 Å². The van der Waals surface area contributed by atoms with Crippen LogP contribution in [0.4, 0.5) is 0 Å². The van der Waals surface area contributed by atoms with Crippen molar-refractivity contribution in [2.45, 2.75) is 25.8 Å². The van der Waals surface area contributed by atoms with E-state index in [0.29, 0.717) is 31.0 Å². The minimum atomic E-state index is -0.0212. The molecule has 1 amide bonds. The fourth-order valence-electron chi connectivity index (χ4n) is 3.42. The fourth-order valence-corrected chi connectivity index (χ4v) is 3.68. The van der Waals surface area contributed by atoms with Crippen molar-refractivity contribution in [1.29, 1.82) is 0 Å². The Morgan fingerprint density at radius 3 is 2.74 bits per heavy atom.